The van der Waals surface area contributed by atoms with E-state index in [9.17, 15) is 9.59 Å². The number of rotatable bonds is 8. The maximum Gasteiger partial charge on any atom is 0.331 e. The third-order valence-corrected chi connectivity index (χ3v) is 1.87. The summed E-state index contributed by atoms with van der Waals surface area (Å²) in [6.45, 7) is 2.01. The molecule has 0 aromatic carbocycles. The number of carboxylic acids is 1. The topological polar surface area (TPSA) is 83.8 Å². The van der Waals surface area contributed by atoms with Crippen molar-refractivity contribution in [3.8, 4) is 0 Å². The normalized spacial score (nSPS) is 12.6. The van der Waals surface area contributed by atoms with Gasteiger partial charge in [0.1, 0.15) is 0 Å². The van der Waals surface area contributed by atoms with Crippen molar-refractivity contribution in [3.63, 3.8) is 0 Å². The molecule has 0 heterocycles. The van der Waals surface area contributed by atoms with Crippen molar-refractivity contribution in [3.05, 3.63) is 12.2 Å². The fourth-order valence-electron chi connectivity index (χ4n) is 1.08. The highest BCUT2D eigenvalue weighted by atomic mass is 16.5. The average molecular weight is 230 g/mol. The van der Waals surface area contributed by atoms with Gasteiger partial charge in [0, 0.05) is 12.2 Å². The first-order chi connectivity index (χ1) is 7.52. The maximum atomic E-state index is 10.9. The molecule has 92 valence electrons. The molecule has 0 aliphatic heterocycles. The molecule has 0 radical (unpaired) electrons. The number of carbonyl (C=O) groups excluding carboxylic acids is 1. The molecule has 5 heteroatoms. The first kappa shape index (κ1) is 14.6. The van der Waals surface area contributed by atoms with Crippen molar-refractivity contribution >= 4 is 11.9 Å². The second kappa shape index (κ2) is 8.91. The molecule has 0 spiro atoms. The van der Waals surface area contributed by atoms with Crippen molar-refractivity contribution in [2.24, 2.45) is 0 Å². The van der Waals surface area contributed by atoms with E-state index in [1.54, 1.807) is 6.92 Å². The highest BCUT2D eigenvalue weighted by molar-refractivity contribution is 5.90. The van der Waals surface area contributed by atoms with Crippen molar-refractivity contribution < 1.29 is 24.5 Å². The number of aliphatic hydroxyl groups is 1. The molecule has 16 heavy (non-hydrogen) atoms. The Morgan fingerprint density at radius 2 is 1.94 bits per heavy atom. The van der Waals surface area contributed by atoms with Gasteiger partial charge >= 0.3 is 11.9 Å². The van der Waals surface area contributed by atoms with Crippen LogP contribution in [-0.2, 0) is 14.3 Å². The second-order valence-electron chi connectivity index (χ2n) is 3.54. The highest BCUT2D eigenvalue weighted by Crippen LogP contribution is 2.03. The van der Waals surface area contributed by atoms with Crippen molar-refractivity contribution in [1.29, 1.82) is 0 Å². The summed E-state index contributed by atoms with van der Waals surface area (Å²) in [6.07, 6.45) is 4.57. The zero-order valence-corrected chi connectivity index (χ0v) is 9.39. The van der Waals surface area contributed by atoms with Crippen LogP contribution in [0.1, 0.15) is 32.6 Å². The van der Waals surface area contributed by atoms with Gasteiger partial charge in [-0.05, 0) is 26.2 Å². The minimum Gasteiger partial charge on any atom is -0.478 e. The molecule has 0 fully saturated rings. The van der Waals surface area contributed by atoms with E-state index in [1.807, 2.05) is 0 Å². The van der Waals surface area contributed by atoms with Gasteiger partial charge in [0.25, 0.3) is 0 Å². The molecule has 0 aromatic heterocycles. The average Bonchev–Trinajstić information content (AvgIpc) is 2.19. The van der Waals surface area contributed by atoms with Crippen molar-refractivity contribution in [2.75, 3.05) is 6.61 Å². The molecule has 1 atom stereocenters. The van der Waals surface area contributed by atoms with Crippen LogP contribution in [0.4, 0.5) is 0 Å². The number of hydrogen-bond acceptors (Lipinski definition) is 4. The van der Waals surface area contributed by atoms with Crippen LogP contribution in [0.2, 0.25) is 0 Å². The van der Waals surface area contributed by atoms with E-state index in [0.29, 0.717) is 0 Å². The fraction of sp³-hybridized carbons (Fsp3) is 0.636. The van der Waals surface area contributed by atoms with Gasteiger partial charge in [0.2, 0.25) is 0 Å². The van der Waals surface area contributed by atoms with Gasteiger partial charge < -0.3 is 14.9 Å². The summed E-state index contributed by atoms with van der Waals surface area (Å²) in [6, 6.07) is 0. The van der Waals surface area contributed by atoms with Gasteiger partial charge in [-0.2, -0.15) is 0 Å². The zero-order chi connectivity index (χ0) is 12.4. The Labute approximate surface area is 94.7 Å². The summed E-state index contributed by atoms with van der Waals surface area (Å²) in [5, 5.41) is 17.2. The van der Waals surface area contributed by atoms with Crippen LogP contribution in [0.15, 0.2) is 12.2 Å². The standard InChI is InChI=1S/C11H18O5/c1-9(12)5-3-2-4-8-16-11(15)7-6-10(13)14/h6-7,9,12H,2-5,8H2,1H3,(H,13,14)/b7-6-. The van der Waals surface area contributed by atoms with E-state index >= 15 is 0 Å². The van der Waals surface area contributed by atoms with E-state index in [0.717, 1.165) is 37.8 Å². The van der Waals surface area contributed by atoms with E-state index in [-0.39, 0.29) is 12.7 Å². The summed E-state index contributed by atoms with van der Waals surface area (Å²) in [7, 11) is 0. The fourth-order valence-corrected chi connectivity index (χ4v) is 1.08. The summed E-state index contributed by atoms with van der Waals surface area (Å²) < 4.78 is 4.75. The quantitative estimate of drug-likeness (QED) is 0.371. The Hall–Kier alpha value is -1.36. The lowest BCUT2D eigenvalue weighted by atomic mass is 10.1. The zero-order valence-electron chi connectivity index (χ0n) is 9.39. The lowest BCUT2D eigenvalue weighted by molar-refractivity contribution is -0.138. The van der Waals surface area contributed by atoms with Crippen molar-refractivity contribution in [2.45, 2.75) is 38.7 Å². The SMILES string of the molecule is CC(O)CCCCCOC(=O)/C=C\C(=O)O. The molecule has 0 bridgehead atoms. The van der Waals surface area contributed by atoms with Crippen LogP contribution >= 0.6 is 0 Å². The second-order valence-corrected chi connectivity index (χ2v) is 3.54. The monoisotopic (exact) mass is 230 g/mol. The van der Waals surface area contributed by atoms with Crippen LogP contribution in [-0.4, -0.2) is 34.9 Å². The van der Waals surface area contributed by atoms with Crippen LogP contribution in [0.25, 0.3) is 0 Å². The molecule has 2 N–H and O–H groups in total. The van der Waals surface area contributed by atoms with Crippen LogP contribution < -0.4 is 0 Å². The Morgan fingerprint density at radius 1 is 1.25 bits per heavy atom. The molecule has 0 aliphatic carbocycles. The number of carbonyl (C=O) groups is 2. The summed E-state index contributed by atoms with van der Waals surface area (Å²) in [4.78, 5) is 20.9. The van der Waals surface area contributed by atoms with E-state index in [1.165, 1.54) is 0 Å². The molecule has 0 saturated carbocycles. The molecular weight excluding hydrogens is 212 g/mol. The summed E-state index contributed by atoms with van der Waals surface area (Å²) >= 11 is 0. The van der Waals surface area contributed by atoms with Gasteiger partial charge in [-0.1, -0.05) is 6.42 Å². The number of aliphatic hydroxyl groups excluding tert-OH is 1. The largest absolute Gasteiger partial charge is 0.478 e. The third kappa shape index (κ3) is 10.7. The number of aliphatic carboxylic acids is 1. The Balaban J connectivity index is 3.38. The summed E-state index contributed by atoms with van der Waals surface area (Å²) in [5.74, 6) is -1.81. The molecule has 0 aromatic rings. The molecular formula is C11H18O5. The maximum absolute atomic E-state index is 10.9. The first-order valence-electron chi connectivity index (χ1n) is 5.28. The Morgan fingerprint density at radius 3 is 2.50 bits per heavy atom. The third-order valence-electron chi connectivity index (χ3n) is 1.87. The van der Waals surface area contributed by atoms with Gasteiger partial charge in [0.05, 0.1) is 12.7 Å². The van der Waals surface area contributed by atoms with E-state index < -0.39 is 11.9 Å². The smallest absolute Gasteiger partial charge is 0.331 e. The number of unbranched alkanes of at least 4 members (excludes halogenated alkanes) is 2. The highest BCUT2D eigenvalue weighted by Gasteiger charge is 1.99. The minimum atomic E-state index is -1.17. The summed E-state index contributed by atoms with van der Waals surface area (Å²) in [5.41, 5.74) is 0. The molecule has 1 unspecified atom stereocenters. The number of carboxylic acid groups (broad SMARTS) is 1. The lowest BCUT2D eigenvalue weighted by Crippen LogP contribution is -2.04. The Bertz CT molecular complexity index is 245. The van der Waals surface area contributed by atoms with Crippen LogP contribution in [0, 0.1) is 0 Å². The molecule has 0 aliphatic rings. The lowest BCUT2D eigenvalue weighted by Gasteiger charge is -2.04. The predicted octanol–water partition coefficient (Wildman–Crippen LogP) is 1.11. The Kier molecular flexibility index (Phi) is 8.15. The van der Waals surface area contributed by atoms with E-state index in [4.69, 9.17) is 14.9 Å². The van der Waals surface area contributed by atoms with Crippen molar-refractivity contribution in [1.82, 2.24) is 0 Å². The van der Waals surface area contributed by atoms with Crippen LogP contribution in [0.5, 0.6) is 0 Å². The van der Waals surface area contributed by atoms with Gasteiger partial charge in [0.15, 0.2) is 0 Å². The minimum absolute atomic E-state index is 0.280. The first-order valence-corrected chi connectivity index (χ1v) is 5.28. The molecule has 0 amide bonds. The van der Waals surface area contributed by atoms with Gasteiger partial charge in [-0.3, -0.25) is 0 Å². The number of hydrogen-bond donors (Lipinski definition) is 2. The van der Waals surface area contributed by atoms with E-state index in [2.05, 4.69) is 0 Å². The predicted molar refractivity (Wildman–Crippen MR) is 57.9 cm³/mol. The number of ether oxygens (including phenoxy) is 1. The molecule has 5 nitrogen and oxygen atoms in total. The molecule has 0 rings (SSSR count). The van der Waals surface area contributed by atoms with Gasteiger partial charge in [-0.15, -0.1) is 0 Å². The van der Waals surface area contributed by atoms with Crippen LogP contribution in [0.3, 0.4) is 0 Å². The molecule has 0 saturated heterocycles. The number of esters is 1. The van der Waals surface area contributed by atoms with Gasteiger partial charge in [-0.25, -0.2) is 9.59 Å².